The van der Waals surface area contributed by atoms with E-state index in [2.05, 4.69) is 30.8 Å². The van der Waals surface area contributed by atoms with Gasteiger partial charge >= 0.3 is 0 Å². The van der Waals surface area contributed by atoms with E-state index in [1.807, 2.05) is 31.2 Å². The predicted octanol–water partition coefficient (Wildman–Crippen LogP) is 4.46. The number of imidazole rings is 1. The molecule has 1 amide bonds. The third kappa shape index (κ3) is 3.88. The topological polar surface area (TPSA) is 90.1 Å². The molecule has 0 unspecified atom stereocenters. The molecule has 0 saturated carbocycles. The molecule has 0 spiro atoms. The average molecular weight is 435 g/mol. The highest BCUT2D eigenvalue weighted by Gasteiger charge is 2.14. The number of aromatic nitrogens is 2. The largest absolute Gasteiger partial charge is 0.324 e. The molecular weight excluding hydrogens is 420 g/mol. The fraction of sp³-hybridized carbons (Fsp3) is 0.176. The molecule has 134 valence electrons. The number of nitrogens with zero attached hydrogens (tertiary/aromatic N) is 3. The fourth-order valence-electron chi connectivity index (χ4n) is 2.50. The molecule has 9 heteroatoms. The molecule has 3 aromatic rings. The van der Waals surface area contributed by atoms with Gasteiger partial charge in [-0.15, -0.1) is 0 Å². The van der Waals surface area contributed by atoms with Crippen LogP contribution in [0, 0.1) is 10.1 Å². The standard InChI is InChI=1S/C17H15BrN4O3S/c1-2-21-15-6-4-3-5-14(15)20-17(21)26-10-16(23)19-13-8-7-11(22(24)25)9-12(13)18/h3-9H,2,10H2,1H3,(H,19,23). The zero-order valence-electron chi connectivity index (χ0n) is 13.8. The van der Waals surface area contributed by atoms with E-state index < -0.39 is 4.92 Å². The van der Waals surface area contributed by atoms with Gasteiger partial charge in [0.1, 0.15) is 0 Å². The summed E-state index contributed by atoms with van der Waals surface area (Å²) in [5.41, 5.74) is 2.39. The van der Waals surface area contributed by atoms with Crippen LogP contribution >= 0.6 is 27.7 Å². The second-order valence-corrected chi connectivity index (χ2v) is 7.18. The predicted molar refractivity (Wildman–Crippen MR) is 106 cm³/mol. The SMILES string of the molecule is CCn1c(SCC(=O)Nc2ccc([N+](=O)[O-])cc2Br)nc2ccccc21. The molecule has 1 N–H and O–H groups in total. The van der Waals surface area contributed by atoms with Crippen molar-refractivity contribution in [3.8, 4) is 0 Å². The van der Waals surface area contributed by atoms with Gasteiger partial charge in [0.15, 0.2) is 5.16 Å². The van der Waals surface area contributed by atoms with E-state index in [0.717, 1.165) is 22.7 Å². The number of fused-ring (bicyclic) bond motifs is 1. The van der Waals surface area contributed by atoms with E-state index >= 15 is 0 Å². The van der Waals surface area contributed by atoms with Crippen molar-refractivity contribution in [2.75, 3.05) is 11.1 Å². The molecule has 3 rings (SSSR count). The fourth-order valence-corrected chi connectivity index (χ4v) is 3.85. The molecule has 0 radical (unpaired) electrons. The Morgan fingerprint density at radius 3 is 2.81 bits per heavy atom. The Hall–Kier alpha value is -2.39. The van der Waals surface area contributed by atoms with Gasteiger partial charge < -0.3 is 9.88 Å². The van der Waals surface area contributed by atoms with Gasteiger partial charge in [0.05, 0.1) is 27.4 Å². The van der Waals surface area contributed by atoms with Crippen molar-refractivity contribution in [1.29, 1.82) is 0 Å². The van der Waals surface area contributed by atoms with Gasteiger partial charge in [-0.1, -0.05) is 23.9 Å². The van der Waals surface area contributed by atoms with Crippen molar-refractivity contribution < 1.29 is 9.72 Å². The Morgan fingerprint density at radius 1 is 1.35 bits per heavy atom. The number of aryl methyl sites for hydroxylation is 1. The van der Waals surface area contributed by atoms with E-state index in [1.54, 1.807) is 0 Å². The summed E-state index contributed by atoms with van der Waals surface area (Å²) in [5.74, 6) is -0.0218. The number of nitrogens with one attached hydrogen (secondary N) is 1. The maximum Gasteiger partial charge on any atom is 0.270 e. The number of thioether (sulfide) groups is 1. The highest BCUT2D eigenvalue weighted by atomic mass is 79.9. The van der Waals surface area contributed by atoms with Crippen LogP contribution < -0.4 is 5.32 Å². The number of rotatable bonds is 6. The van der Waals surface area contributed by atoms with Crippen molar-refractivity contribution in [1.82, 2.24) is 9.55 Å². The lowest BCUT2D eigenvalue weighted by Gasteiger charge is -2.08. The number of amides is 1. The Labute approximate surface area is 162 Å². The quantitative estimate of drug-likeness (QED) is 0.351. The maximum absolute atomic E-state index is 12.2. The second kappa shape index (κ2) is 7.88. The van der Waals surface area contributed by atoms with Crippen LogP contribution in [0.4, 0.5) is 11.4 Å². The van der Waals surface area contributed by atoms with Crippen LogP contribution in [0.15, 0.2) is 52.1 Å². The van der Waals surface area contributed by atoms with Crippen molar-refractivity contribution in [3.05, 3.63) is 57.1 Å². The van der Waals surface area contributed by atoms with Crippen LogP contribution in [0.1, 0.15) is 6.92 Å². The van der Waals surface area contributed by atoms with Crippen LogP contribution in [-0.2, 0) is 11.3 Å². The van der Waals surface area contributed by atoms with Crippen molar-refractivity contribution in [2.45, 2.75) is 18.6 Å². The molecule has 2 aromatic carbocycles. The number of anilines is 1. The molecule has 1 heterocycles. The monoisotopic (exact) mass is 434 g/mol. The van der Waals surface area contributed by atoms with E-state index in [0.29, 0.717) is 10.2 Å². The van der Waals surface area contributed by atoms with Crippen molar-refractivity contribution >= 4 is 56.0 Å². The Balaban J connectivity index is 1.69. The van der Waals surface area contributed by atoms with Crippen LogP contribution in [0.3, 0.4) is 0 Å². The number of non-ortho nitro benzene ring substituents is 1. The number of halogens is 1. The van der Waals surface area contributed by atoms with Gasteiger partial charge in [-0.25, -0.2) is 4.98 Å². The highest BCUT2D eigenvalue weighted by molar-refractivity contribution is 9.10. The number of para-hydroxylation sites is 2. The molecule has 0 saturated heterocycles. The average Bonchev–Trinajstić information content (AvgIpc) is 2.99. The highest BCUT2D eigenvalue weighted by Crippen LogP contribution is 2.28. The van der Waals surface area contributed by atoms with Gasteiger partial charge in [0.2, 0.25) is 5.91 Å². The zero-order valence-corrected chi connectivity index (χ0v) is 16.2. The first-order valence-electron chi connectivity index (χ1n) is 7.81. The summed E-state index contributed by atoms with van der Waals surface area (Å²) in [6.07, 6.45) is 0. The van der Waals surface area contributed by atoms with Crippen LogP contribution in [0.2, 0.25) is 0 Å². The first-order valence-corrected chi connectivity index (χ1v) is 9.59. The number of hydrogen-bond acceptors (Lipinski definition) is 5. The number of benzene rings is 2. The molecular formula is C17H15BrN4O3S. The number of carbonyl (C=O) groups is 1. The lowest BCUT2D eigenvalue weighted by Crippen LogP contribution is -2.15. The summed E-state index contributed by atoms with van der Waals surface area (Å²) in [4.78, 5) is 27.1. The molecule has 0 aliphatic heterocycles. The van der Waals surface area contributed by atoms with Crippen molar-refractivity contribution in [2.24, 2.45) is 0 Å². The molecule has 0 aliphatic carbocycles. The molecule has 0 aliphatic rings. The van der Waals surface area contributed by atoms with Crippen LogP contribution in [0.5, 0.6) is 0 Å². The van der Waals surface area contributed by atoms with E-state index in [1.165, 1.54) is 30.0 Å². The van der Waals surface area contributed by atoms with Crippen molar-refractivity contribution in [3.63, 3.8) is 0 Å². The Morgan fingerprint density at radius 2 is 2.12 bits per heavy atom. The van der Waals surface area contributed by atoms with Crippen LogP contribution in [0.25, 0.3) is 11.0 Å². The van der Waals surface area contributed by atoms with E-state index in [-0.39, 0.29) is 17.3 Å². The third-order valence-electron chi connectivity index (χ3n) is 3.71. The number of hydrogen-bond donors (Lipinski definition) is 1. The van der Waals surface area contributed by atoms with Gasteiger partial charge in [-0.05, 0) is 41.1 Å². The first-order chi connectivity index (χ1) is 12.5. The molecule has 7 nitrogen and oxygen atoms in total. The van der Waals surface area contributed by atoms with Gasteiger partial charge in [0, 0.05) is 23.2 Å². The summed E-state index contributed by atoms with van der Waals surface area (Å²) in [6, 6.07) is 12.1. The summed E-state index contributed by atoms with van der Waals surface area (Å²) < 4.78 is 2.53. The summed E-state index contributed by atoms with van der Waals surface area (Å²) >= 11 is 4.60. The number of nitro benzene ring substituents is 1. The smallest absolute Gasteiger partial charge is 0.270 e. The normalized spacial score (nSPS) is 10.8. The lowest BCUT2D eigenvalue weighted by atomic mass is 10.3. The van der Waals surface area contributed by atoms with Gasteiger partial charge in [-0.3, -0.25) is 14.9 Å². The summed E-state index contributed by atoms with van der Waals surface area (Å²) in [5, 5.41) is 14.3. The molecule has 0 fully saturated rings. The number of nitro groups is 1. The minimum Gasteiger partial charge on any atom is -0.324 e. The Bertz CT molecular complexity index is 989. The minimum absolute atomic E-state index is 0.0408. The molecule has 26 heavy (non-hydrogen) atoms. The lowest BCUT2D eigenvalue weighted by molar-refractivity contribution is -0.384. The van der Waals surface area contributed by atoms with E-state index in [9.17, 15) is 14.9 Å². The molecule has 1 aromatic heterocycles. The summed E-state index contributed by atoms with van der Waals surface area (Å²) in [7, 11) is 0. The third-order valence-corrected chi connectivity index (χ3v) is 5.34. The van der Waals surface area contributed by atoms with Gasteiger partial charge in [0.25, 0.3) is 5.69 Å². The molecule has 0 bridgehead atoms. The summed E-state index contributed by atoms with van der Waals surface area (Å²) in [6.45, 7) is 2.80. The maximum atomic E-state index is 12.2. The first kappa shape index (κ1) is 18.4. The number of carbonyl (C=O) groups excluding carboxylic acids is 1. The minimum atomic E-state index is -0.485. The van der Waals surface area contributed by atoms with Gasteiger partial charge in [-0.2, -0.15) is 0 Å². The molecule has 0 atom stereocenters. The Kier molecular flexibility index (Phi) is 5.58. The van der Waals surface area contributed by atoms with E-state index in [4.69, 9.17) is 0 Å². The second-order valence-electron chi connectivity index (χ2n) is 5.39. The van der Waals surface area contributed by atoms with Crippen LogP contribution in [-0.4, -0.2) is 26.1 Å². The zero-order chi connectivity index (χ0) is 18.7.